The molecule has 8 heteroatoms. The molecule has 1 heterocycles. The number of nitrogens with zero attached hydrogens (tertiary/aromatic N) is 4. The maximum Gasteiger partial charge on any atom is 0.246 e. The maximum absolute atomic E-state index is 13.4. The van der Waals surface area contributed by atoms with Gasteiger partial charge in [-0.25, -0.2) is 4.39 Å². The number of guanidine groups is 1. The standard InChI is InChI=1S/C22H25FN6O/c1-24-22(28(2)15-18-7-3-8-19(23)12-18)25-14-17-6-4-9-20(13-17)27-21(30)16-29-11-5-10-26-29/h3-13H,14-16H2,1-2H3,(H,24,25)(H,27,30). The quantitative estimate of drug-likeness (QED) is 0.466. The van der Waals surface area contributed by atoms with E-state index in [1.807, 2.05) is 42.3 Å². The van der Waals surface area contributed by atoms with E-state index in [1.165, 1.54) is 12.1 Å². The van der Waals surface area contributed by atoms with Crippen LogP contribution in [0.1, 0.15) is 11.1 Å². The lowest BCUT2D eigenvalue weighted by atomic mass is 10.2. The van der Waals surface area contributed by atoms with Gasteiger partial charge in [-0.1, -0.05) is 24.3 Å². The first kappa shape index (κ1) is 21.0. The van der Waals surface area contributed by atoms with Crippen molar-refractivity contribution >= 4 is 17.6 Å². The van der Waals surface area contributed by atoms with Crippen molar-refractivity contribution in [2.24, 2.45) is 4.99 Å². The Morgan fingerprint density at radius 1 is 1.17 bits per heavy atom. The number of amides is 1. The highest BCUT2D eigenvalue weighted by molar-refractivity contribution is 5.90. The van der Waals surface area contributed by atoms with Crippen molar-refractivity contribution in [1.29, 1.82) is 0 Å². The fourth-order valence-corrected chi connectivity index (χ4v) is 3.05. The van der Waals surface area contributed by atoms with Gasteiger partial charge >= 0.3 is 0 Å². The zero-order valence-corrected chi connectivity index (χ0v) is 17.0. The van der Waals surface area contributed by atoms with Gasteiger partial charge in [0.1, 0.15) is 12.4 Å². The van der Waals surface area contributed by atoms with Crippen LogP contribution in [-0.2, 0) is 24.4 Å². The number of aliphatic imine (C=N–C) groups is 1. The van der Waals surface area contributed by atoms with E-state index >= 15 is 0 Å². The summed E-state index contributed by atoms with van der Waals surface area (Å²) in [5.41, 5.74) is 2.57. The van der Waals surface area contributed by atoms with Gasteiger partial charge in [-0.15, -0.1) is 0 Å². The average Bonchev–Trinajstić information content (AvgIpc) is 3.21. The number of halogens is 1. The summed E-state index contributed by atoms with van der Waals surface area (Å²) in [5, 5.41) is 10.2. The van der Waals surface area contributed by atoms with E-state index in [0.717, 1.165) is 16.8 Å². The smallest absolute Gasteiger partial charge is 0.246 e. The number of hydrogen-bond acceptors (Lipinski definition) is 3. The average molecular weight is 408 g/mol. The third-order valence-electron chi connectivity index (χ3n) is 4.41. The predicted molar refractivity (Wildman–Crippen MR) is 115 cm³/mol. The Morgan fingerprint density at radius 3 is 2.70 bits per heavy atom. The van der Waals surface area contributed by atoms with Crippen LogP contribution in [0.4, 0.5) is 10.1 Å². The topological polar surface area (TPSA) is 74.5 Å². The molecule has 0 spiro atoms. The van der Waals surface area contributed by atoms with Gasteiger partial charge < -0.3 is 15.5 Å². The minimum absolute atomic E-state index is 0.144. The molecule has 156 valence electrons. The van der Waals surface area contributed by atoms with Crippen LogP contribution in [0.5, 0.6) is 0 Å². The SMILES string of the molecule is CN=C(NCc1cccc(NC(=O)Cn2cccn2)c1)N(C)Cc1cccc(F)c1. The Bertz CT molecular complexity index is 1000. The first-order valence-electron chi connectivity index (χ1n) is 9.56. The molecule has 0 unspecified atom stereocenters. The molecule has 2 aromatic carbocycles. The number of anilines is 1. The zero-order valence-electron chi connectivity index (χ0n) is 17.0. The zero-order chi connectivity index (χ0) is 21.3. The minimum atomic E-state index is -0.254. The van der Waals surface area contributed by atoms with Gasteiger partial charge in [0.25, 0.3) is 0 Å². The van der Waals surface area contributed by atoms with E-state index < -0.39 is 0 Å². The van der Waals surface area contributed by atoms with Crippen molar-refractivity contribution in [3.05, 3.63) is 83.9 Å². The molecule has 3 aromatic rings. The first-order valence-corrected chi connectivity index (χ1v) is 9.56. The van der Waals surface area contributed by atoms with Crippen molar-refractivity contribution in [2.45, 2.75) is 19.6 Å². The second kappa shape index (κ2) is 10.2. The summed E-state index contributed by atoms with van der Waals surface area (Å²) in [5.74, 6) is 0.289. The highest BCUT2D eigenvalue weighted by Crippen LogP contribution is 2.11. The number of carbonyl (C=O) groups is 1. The summed E-state index contributed by atoms with van der Waals surface area (Å²) in [4.78, 5) is 18.4. The van der Waals surface area contributed by atoms with Crippen molar-refractivity contribution in [2.75, 3.05) is 19.4 Å². The molecule has 1 aromatic heterocycles. The molecule has 7 nitrogen and oxygen atoms in total. The molecule has 0 saturated heterocycles. The van der Waals surface area contributed by atoms with Crippen molar-refractivity contribution < 1.29 is 9.18 Å². The van der Waals surface area contributed by atoms with Gasteiger partial charge in [-0.05, 0) is 41.5 Å². The molecule has 0 atom stereocenters. The summed E-state index contributed by atoms with van der Waals surface area (Å²) in [7, 11) is 3.60. The van der Waals surface area contributed by atoms with Crippen molar-refractivity contribution in [3.63, 3.8) is 0 Å². The second-order valence-corrected chi connectivity index (χ2v) is 6.84. The van der Waals surface area contributed by atoms with E-state index in [1.54, 1.807) is 36.3 Å². The van der Waals surface area contributed by atoms with E-state index in [0.29, 0.717) is 19.0 Å². The highest BCUT2D eigenvalue weighted by atomic mass is 19.1. The number of hydrogen-bond donors (Lipinski definition) is 2. The number of nitrogens with one attached hydrogen (secondary N) is 2. The third-order valence-corrected chi connectivity index (χ3v) is 4.41. The minimum Gasteiger partial charge on any atom is -0.352 e. The van der Waals surface area contributed by atoms with Crippen LogP contribution in [0.3, 0.4) is 0 Å². The molecule has 0 aliphatic heterocycles. The summed E-state index contributed by atoms with van der Waals surface area (Å²) < 4.78 is 15.0. The molecule has 1 amide bonds. The third kappa shape index (κ3) is 6.16. The van der Waals surface area contributed by atoms with Crippen LogP contribution < -0.4 is 10.6 Å². The van der Waals surface area contributed by atoms with Crippen LogP contribution in [-0.4, -0.2) is 40.6 Å². The normalized spacial score (nSPS) is 11.2. The lowest BCUT2D eigenvalue weighted by Gasteiger charge is -2.22. The summed E-state index contributed by atoms with van der Waals surface area (Å²) >= 11 is 0. The maximum atomic E-state index is 13.4. The van der Waals surface area contributed by atoms with Crippen molar-refractivity contribution in [3.8, 4) is 0 Å². The molecule has 0 radical (unpaired) electrons. The van der Waals surface area contributed by atoms with Gasteiger partial charge in [0.15, 0.2) is 5.96 Å². The molecule has 30 heavy (non-hydrogen) atoms. The summed E-state index contributed by atoms with van der Waals surface area (Å²) in [6.45, 7) is 1.22. The lowest BCUT2D eigenvalue weighted by Crippen LogP contribution is -2.38. The molecule has 0 fully saturated rings. The van der Waals surface area contributed by atoms with Crippen LogP contribution in [0.25, 0.3) is 0 Å². The summed E-state index contributed by atoms with van der Waals surface area (Å²) in [6.07, 6.45) is 3.38. The van der Waals surface area contributed by atoms with Crippen LogP contribution >= 0.6 is 0 Å². The molecule has 0 bridgehead atoms. The van der Waals surface area contributed by atoms with Crippen molar-refractivity contribution in [1.82, 2.24) is 20.0 Å². The van der Waals surface area contributed by atoms with E-state index in [-0.39, 0.29) is 18.3 Å². The Kier molecular flexibility index (Phi) is 7.15. The van der Waals surface area contributed by atoms with Crippen LogP contribution in [0.15, 0.2) is 72.0 Å². The van der Waals surface area contributed by atoms with Gasteiger partial charge in [-0.2, -0.15) is 5.10 Å². The fourth-order valence-electron chi connectivity index (χ4n) is 3.05. The Morgan fingerprint density at radius 2 is 1.97 bits per heavy atom. The number of benzene rings is 2. The first-order chi connectivity index (χ1) is 14.5. The molecular formula is C22H25FN6O. The molecule has 3 rings (SSSR count). The Balaban J connectivity index is 1.55. The van der Waals surface area contributed by atoms with E-state index in [9.17, 15) is 9.18 Å². The summed E-state index contributed by atoms with van der Waals surface area (Å²) in [6, 6.07) is 15.9. The predicted octanol–water partition coefficient (Wildman–Crippen LogP) is 2.87. The molecule has 2 N–H and O–H groups in total. The van der Waals surface area contributed by atoms with Gasteiger partial charge in [0.05, 0.1) is 0 Å². The van der Waals surface area contributed by atoms with E-state index in [2.05, 4.69) is 20.7 Å². The molecular weight excluding hydrogens is 383 g/mol. The second-order valence-electron chi connectivity index (χ2n) is 6.84. The number of aromatic nitrogens is 2. The lowest BCUT2D eigenvalue weighted by molar-refractivity contribution is -0.116. The fraction of sp³-hybridized carbons (Fsp3) is 0.227. The van der Waals surface area contributed by atoms with Gasteiger partial charge in [0, 0.05) is 45.3 Å². The van der Waals surface area contributed by atoms with E-state index in [4.69, 9.17) is 0 Å². The number of rotatable bonds is 7. The largest absolute Gasteiger partial charge is 0.352 e. The van der Waals surface area contributed by atoms with Gasteiger partial charge in [0.2, 0.25) is 5.91 Å². The monoisotopic (exact) mass is 408 g/mol. The van der Waals surface area contributed by atoms with Crippen LogP contribution in [0.2, 0.25) is 0 Å². The molecule has 0 aliphatic carbocycles. The molecule has 0 aliphatic rings. The Hall–Kier alpha value is -3.68. The van der Waals surface area contributed by atoms with Crippen LogP contribution in [0, 0.1) is 5.82 Å². The number of carbonyl (C=O) groups excluding carboxylic acids is 1. The Labute approximate surface area is 175 Å². The van der Waals surface area contributed by atoms with Gasteiger partial charge in [-0.3, -0.25) is 14.5 Å². The molecule has 0 saturated carbocycles. The highest BCUT2D eigenvalue weighted by Gasteiger charge is 2.08.